The van der Waals surface area contributed by atoms with Crippen LogP contribution in [0.15, 0.2) is 17.5 Å². The van der Waals surface area contributed by atoms with Crippen molar-refractivity contribution in [2.75, 3.05) is 5.73 Å². The molecule has 0 unspecified atom stereocenters. The first-order valence-electron chi connectivity index (χ1n) is 3.62. The van der Waals surface area contributed by atoms with E-state index in [-0.39, 0.29) is 5.82 Å². The molecule has 1 nitrogen and oxygen atoms in total. The van der Waals surface area contributed by atoms with Crippen molar-refractivity contribution >= 4 is 27.1 Å². The third-order valence-electron chi connectivity index (χ3n) is 1.90. The van der Waals surface area contributed by atoms with Gasteiger partial charge in [-0.2, -0.15) is 0 Å². The summed E-state index contributed by atoms with van der Waals surface area (Å²) in [6, 6.07) is 3.61. The zero-order valence-electron chi connectivity index (χ0n) is 6.60. The summed E-state index contributed by atoms with van der Waals surface area (Å²) in [7, 11) is 0. The molecule has 0 bridgehead atoms. The second-order valence-corrected chi connectivity index (χ2v) is 3.64. The van der Waals surface area contributed by atoms with Gasteiger partial charge >= 0.3 is 0 Å². The Hall–Kier alpha value is -1.09. The summed E-state index contributed by atoms with van der Waals surface area (Å²) in [5.41, 5.74) is 6.97. The fourth-order valence-corrected chi connectivity index (χ4v) is 2.13. The molecule has 1 heterocycles. The molecular weight excluding hydrogens is 173 g/mol. The first-order valence-corrected chi connectivity index (χ1v) is 4.50. The maximum absolute atomic E-state index is 13.4. The number of hydrogen-bond donors (Lipinski definition) is 1. The second kappa shape index (κ2) is 2.45. The van der Waals surface area contributed by atoms with Gasteiger partial charge in [-0.3, -0.25) is 0 Å². The van der Waals surface area contributed by atoms with E-state index in [1.54, 1.807) is 18.4 Å². The number of nitrogen functional groups attached to an aromatic ring is 1. The Bertz CT molecular complexity index is 433. The van der Waals surface area contributed by atoms with Gasteiger partial charge in [-0.15, -0.1) is 11.3 Å². The van der Waals surface area contributed by atoms with E-state index in [1.807, 2.05) is 6.07 Å². The Kier molecular flexibility index (Phi) is 1.54. The zero-order chi connectivity index (χ0) is 8.72. The van der Waals surface area contributed by atoms with Gasteiger partial charge in [0.05, 0.1) is 10.4 Å². The Morgan fingerprint density at radius 3 is 2.92 bits per heavy atom. The summed E-state index contributed by atoms with van der Waals surface area (Å²) in [4.78, 5) is 0. The van der Waals surface area contributed by atoms with Crippen molar-refractivity contribution in [3.8, 4) is 0 Å². The van der Waals surface area contributed by atoms with Crippen molar-refractivity contribution in [3.63, 3.8) is 0 Å². The third-order valence-corrected chi connectivity index (χ3v) is 2.91. The van der Waals surface area contributed by atoms with E-state index < -0.39 is 0 Å². The van der Waals surface area contributed by atoms with Gasteiger partial charge in [-0.05, 0) is 12.5 Å². The largest absolute Gasteiger partial charge is 0.398 e. The number of aryl methyl sites for hydroxylation is 1. The lowest BCUT2D eigenvalue weighted by Gasteiger charge is -1.96. The molecule has 2 rings (SSSR count). The Labute approximate surface area is 73.6 Å². The molecule has 2 N–H and O–H groups in total. The van der Waals surface area contributed by atoms with Gasteiger partial charge in [-0.25, -0.2) is 4.39 Å². The summed E-state index contributed by atoms with van der Waals surface area (Å²) >= 11 is 1.35. The molecule has 0 radical (unpaired) electrons. The van der Waals surface area contributed by atoms with Crippen LogP contribution in [0, 0.1) is 12.7 Å². The average molecular weight is 181 g/mol. The van der Waals surface area contributed by atoms with Crippen LogP contribution in [0.3, 0.4) is 0 Å². The highest BCUT2D eigenvalue weighted by molar-refractivity contribution is 7.17. The van der Waals surface area contributed by atoms with Gasteiger partial charge in [0.2, 0.25) is 0 Å². The molecule has 0 amide bonds. The van der Waals surface area contributed by atoms with Crippen molar-refractivity contribution in [2.24, 2.45) is 0 Å². The quantitative estimate of drug-likeness (QED) is 0.664. The third kappa shape index (κ3) is 0.898. The fourth-order valence-electron chi connectivity index (χ4n) is 1.18. The molecular formula is C9H8FNS. The molecule has 0 aliphatic carbocycles. The highest BCUT2D eigenvalue weighted by Crippen LogP contribution is 2.31. The molecule has 1 aromatic heterocycles. The first kappa shape index (κ1) is 7.55. The van der Waals surface area contributed by atoms with Gasteiger partial charge < -0.3 is 5.73 Å². The second-order valence-electron chi connectivity index (χ2n) is 2.76. The van der Waals surface area contributed by atoms with E-state index in [2.05, 4.69) is 0 Å². The molecule has 62 valence electrons. The summed E-state index contributed by atoms with van der Waals surface area (Å²) in [6.45, 7) is 1.75. The van der Waals surface area contributed by atoms with Crippen LogP contribution in [0.1, 0.15) is 5.56 Å². The minimum absolute atomic E-state index is 0.144. The lowest BCUT2D eigenvalue weighted by Crippen LogP contribution is -1.84. The number of rotatable bonds is 0. The Morgan fingerprint density at radius 1 is 1.42 bits per heavy atom. The molecule has 0 fully saturated rings. The summed E-state index contributed by atoms with van der Waals surface area (Å²) in [5.74, 6) is -0.144. The van der Waals surface area contributed by atoms with Gasteiger partial charge in [0.15, 0.2) is 0 Å². The maximum atomic E-state index is 13.4. The zero-order valence-corrected chi connectivity index (χ0v) is 7.41. The molecule has 12 heavy (non-hydrogen) atoms. The Balaban J connectivity index is 2.93. The molecule has 1 aromatic carbocycles. The minimum atomic E-state index is -0.144. The number of halogens is 1. The van der Waals surface area contributed by atoms with Crippen LogP contribution in [-0.2, 0) is 0 Å². The minimum Gasteiger partial charge on any atom is -0.398 e. The predicted octanol–water partition coefficient (Wildman–Crippen LogP) is 2.93. The topological polar surface area (TPSA) is 26.0 Å². The molecule has 2 aromatic rings. The van der Waals surface area contributed by atoms with Crippen LogP contribution in [0.25, 0.3) is 10.1 Å². The van der Waals surface area contributed by atoms with E-state index in [4.69, 9.17) is 5.73 Å². The number of nitrogens with two attached hydrogens (primary N) is 1. The normalized spacial score (nSPS) is 10.8. The molecule has 0 spiro atoms. The van der Waals surface area contributed by atoms with Crippen LogP contribution in [0.5, 0.6) is 0 Å². The SMILES string of the molecule is Cc1ccc2c(N)csc2c1F. The van der Waals surface area contributed by atoms with Gasteiger partial charge in [-0.1, -0.05) is 12.1 Å². The van der Waals surface area contributed by atoms with Crippen molar-refractivity contribution in [1.82, 2.24) is 0 Å². The number of benzene rings is 1. The highest BCUT2D eigenvalue weighted by atomic mass is 32.1. The van der Waals surface area contributed by atoms with Crippen LogP contribution >= 0.6 is 11.3 Å². The van der Waals surface area contributed by atoms with Crippen LogP contribution < -0.4 is 5.73 Å². The predicted molar refractivity (Wildman–Crippen MR) is 50.9 cm³/mol. The maximum Gasteiger partial charge on any atom is 0.143 e. The van der Waals surface area contributed by atoms with Gasteiger partial charge in [0.1, 0.15) is 5.82 Å². The monoisotopic (exact) mass is 181 g/mol. The van der Waals surface area contributed by atoms with Crippen LogP contribution in [0.2, 0.25) is 0 Å². The molecule has 0 aliphatic heterocycles. The molecule has 0 saturated heterocycles. The number of anilines is 1. The fraction of sp³-hybridized carbons (Fsp3) is 0.111. The summed E-state index contributed by atoms with van der Waals surface area (Å²) in [6.07, 6.45) is 0. The van der Waals surface area contributed by atoms with Crippen molar-refractivity contribution in [3.05, 3.63) is 28.9 Å². The standard InChI is InChI=1S/C9H8FNS/c1-5-2-3-6-7(11)4-12-9(6)8(5)10/h2-4H,11H2,1H3. The van der Waals surface area contributed by atoms with E-state index in [1.165, 1.54) is 11.3 Å². The lowest BCUT2D eigenvalue weighted by atomic mass is 10.2. The highest BCUT2D eigenvalue weighted by Gasteiger charge is 2.07. The van der Waals surface area contributed by atoms with E-state index in [0.29, 0.717) is 16.0 Å². The lowest BCUT2D eigenvalue weighted by molar-refractivity contribution is 0.632. The van der Waals surface area contributed by atoms with Crippen LogP contribution in [0.4, 0.5) is 10.1 Å². The summed E-state index contributed by atoms with van der Waals surface area (Å²) in [5, 5.41) is 2.59. The summed E-state index contributed by atoms with van der Waals surface area (Å²) < 4.78 is 14.0. The number of hydrogen-bond acceptors (Lipinski definition) is 2. The number of fused-ring (bicyclic) bond motifs is 1. The van der Waals surface area contributed by atoms with Gasteiger partial charge in [0, 0.05) is 10.8 Å². The first-order chi connectivity index (χ1) is 5.70. The smallest absolute Gasteiger partial charge is 0.143 e. The van der Waals surface area contributed by atoms with E-state index in [0.717, 1.165) is 5.39 Å². The van der Waals surface area contributed by atoms with Crippen molar-refractivity contribution in [2.45, 2.75) is 6.92 Å². The Morgan fingerprint density at radius 2 is 2.17 bits per heavy atom. The molecule has 0 atom stereocenters. The molecule has 3 heteroatoms. The average Bonchev–Trinajstić information content (AvgIpc) is 2.41. The van der Waals surface area contributed by atoms with Gasteiger partial charge in [0.25, 0.3) is 0 Å². The van der Waals surface area contributed by atoms with Crippen LogP contribution in [-0.4, -0.2) is 0 Å². The number of thiophene rings is 1. The van der Waals surface area contributed by atoms with Crippen molar-refractivity contribution in [1.29, 1.82) is 0 Å². The van der Waals surface area contributed by atoms with E-state index >= 15 is 0 Å². The van der Waals surface area contributed by atoms with Crippen molar-refractivity contribution < 1.29 is 4.39 Å². The molecule has 0 saturated carbocycles. The molecule has 0 aliphatic rings. The van der Waals surface area contributed by atoms with E-state index in [9.17, 15) is 4.39 Å².